The van der Waals surface area contributed by atoms with E-state index in [1.54, 1.807) is 12.1 Å². The monoisotopic (exact) mass is 423 g/mol. The molecule has 0 aromatic heterocycles. The zero-order valence-electron chi connectivity index (χ0n) is 20.0. The summed E-state index contributed by atoms with van der Waals surface area (Å²) in [6.07, 6.45) is 5.05. The molecule has 2 rings (SSSR count). The molecule has 1 fully saturated rings. The molecule has 1 saturated heterocycles. The molecule has 0 radical (unpaired) electrons. The number of rotatable bonds is 5. The second-order valence-corrected chi connectivity index (χ2v) is 15.9. The van der Waals surface area contributed by atoms with Gasteiger partial charge in [-0.1, -0.05) is 32.9 Å². The van der Waals surface area contributed by atoms with Crippen LogP contribution in [0.3, 0.4) is 0 Å². The van der Waals surface area contributed by atoms with Gasteiger partial charge in [-0.2, -0.15) is 0 Å². The molecule has 1 aliphatic rings. The molecular formula is C24H42FNO2Si. The van der Waals surface area contributed by atoms with Gasteiger partial charge in [0.2, 0.25) is 0 Å². The fourth-order valence-electron chi connectivity index (χ4n) is 3.53. The van der Waals surface area contributed by atoms with Crippen molar-refractivity contribution in [3.63, 3.8) is 0 Å². The Bertz CT molecular complexity index is 664. The van der Waals surface area contributed by atoms with Gasteiger partial charge < -0.3 is 9.74 Å². The number of piperidine rings is 1. The number of carbonyl (C=O) groups excluding carboxylic acids is 1. The van der Waals surface area contributed by atoms with Gasteiger partial charge in [0.05, 0.1) is 5.56 Å². The van der Waals surface area contributed by atoms with Crippen molar-refractivity contribution in [3.05, 3.63) is 35.1 Å². The molecule has 1 aromatic carbocycles. The van der Waals surface area contributed by atoms with Gasteiger partial charge in [0.1, 0.15) is 5.82 Å². The first kappa shape index (κ1) is 26.0. The lowest BCUT2D eigenvalue weighted by atomic mass is 9.83. The molecule has 0 unspecified atom stereocenters. The smallest absolute Gasteiger partial charge is 0.191 e. The van der Waals surface area contributed by atoms with Crippen molar-refractivity contribution in [1.82, 2.24) is 5.32 Å². The van der Waals surface area contributed by atoms with E-state index >= 15 is 0 Å². The Labute approximate surface area is 178 Å². The summed E-state index contributed by atoms with van der Waals surface area (Å²) in [7, 11) is -1.79. The van der Waals surface area contributed by atoms with E-state index in [0.29, 0.717) is 36.0 Å². The van der Waals surface area contributed by atoms with Crippen LogP contribution in [0.15, 0.2) is 18.2 Å². The van der Waals surface area contributed by atoms with Crippen LogP contribution >= 0.6 is 0 Å². The van der Waals surface area contributed by atoms with Gasteiger partial charge in [-0.05, 0) is 83.1 Å². The summed E-state index contributed by atoms with van der Waals surface area (Å²) in [5.74, 6) is -0.420. The van der Waals surface area contributed by atoms with Crippen LogP contribution in [0.25, 0.3) is 0 Å². The summed E-state index contributed by atoms with van der Waals surface area (Å²) in [6, 6.07) is 4.90. The molecular weight excluding hydrogens is 381 g/mol. The lowest BCUT2D eigenvalue weighted by molar-refractivity contribution is 0.111. The Balaban J connectivity index is 0.000000352. The van der Waals surface area contributed by atoms with Crippen molar-refractivity contribution in [2.24, 2.45) is 0 Å². The van der Waals surface area contributed by atoms with Crippen LogP contribution in [-0.2, 0) is 10.8 Å². The average Bonchev–Trinajstić information content (AvgIpc) is 2.53. The van der Waals surface area contributed by atoms with E-state index in [9.17, 15) is 9.18 Å². The molecule has 0 amide bonds. The third kappa shape index (κ3) is 8.31. The number of hydrogen-bond acceptors (Lipinski definition) is 3. The quantitative estimate of drug-likeness (QED) is 0.433. The van der Waals surface area contributed by atoms with Crippen LogP contribution in [0.1, 0.15) is 83.7 Å². The standard InChI is InChI=1S/C15H23FO2Si.C9H19N/c1-15(2,3)19(4,5)18-10-9-12-7-6-8-13(11-17)14(12)16;1-8(2)6-5-7-9(3,4)10-8/h6-8,11H,9-10H2,1-5H3;10H,5-7H2,1-4H3. The molecule has 1 aliphatic heterocycles. The highest BCUT2D eigenvalue weighted by atomic mass is 28.4. The molecule has 5 heteroatoms. The maximum Gasteiger partial charge on any atom is 0.191 e. The predicted molar refractivity (Wildman–Crippen MR) is 124 cm³/mol. The summed E-state index contributed by atoms with van der Waals surface area (Å²) in [6.45, 7) is 20.5. The minimum Gasteiger partial charge on any atom is -0.416 e. The summed E-state index contributed by atoms with van der Waals surface area (Å²) < 4.78 is 19.9. The van der Waals surface area contributed by atoms with E-state index in [0.717, 1.165) is 0 Å². The zero-order valence-corrected chi connectivity index (χ0v) is 21.0. The van der Waals surface area contributed by atoms with Crippen LogP contribution in [-0.4, -0.2) is 32.3 Å². The van der Waals surface area contributed by atoms with Gasteiger partial charge in [0, 0.05) is 17.7 Å². The van der Waals surface area contributed by atoms with Crippen LogP contribution in [0.5, 0.6) is 0 Å². The Morgan fingerprint density at radius 3 is 2.10 bits per heavy atom. The number of hydrogen-bond donors (Lipinski definition) is 1. The van der Waals surface area contributed by atoms with Crippen LogP contribution in [0, 0.1) is 5.82 Å². The normalized spacial score (nSPS) is 18.6. The van der Waals surface area contributed by atoms with Gasteiger partial charge in [-0.3, -0.25) is 4.79 Å². The van der Waals surface area contributed by atoms with Crippen LogP contribution < -0.4 is 5.32 Å². The molecule has 1 N–H and O–H groups in total. The lowest BCUT2D eigenvalue weighted by Gasteiger charge is -2.42. The highest BCUT2D eigenvalue weighted by molar-refractivity contribution is 6.74. The zero-order chi connectivity index (χ0) is 22.5. The fraction of sp³-hybridized carbons (Fsp3) is 0.708. The minimum atomic E-state index is -1.79. The van der Waals surface area contributed by atoms with Crippen molar-refractivity contribution in [2.75, 3.05) is 6.61 Å². The molecule has 0 atom stereocenters. The molecule has 0 aliphatic carbocycles. The number of carbonyl (C=O) groups is 1. The number of aldehydes is 1. The van der Waals surface area contributed by atoms with Crippen molar-refractivity contribution in [2.45, 2.75) is 103 Å². The van der Waals surface area contributed by atoms with E-state index in [-0.39, 0.29) is 10.6 Å². The SMILES string of the molecule is CC(C)(C)[Si](C)(C)OCCc1cccc(C=O)c1F.CC1(C)CCCC(C)(C)N1. The first-order valence-corrected chi connectivity index (χ1v) is 13.7. The maximum absolute atomic E-state index is 13.9. The number of benzene rings is 1. The van der Waals surface area contributed by atoms with Crippen LogP contribution in [0.4, 0.5) is 4.39 Å². The second kappa shape index (κ2) is 9.84. The molecule has 166 valence electrons. The molecule has 29 heavy (non-hydrogen) atoms. The summed E-state index contributed by atoms with van der Waals surface area (Å²) in [5, 5.41) is 3.78. The largest absolute Gasteiger partial charge is 0.416 e. The number of nitrogens with one attached hydrogen (secondary N) is 1. The van der Waals surface area contributed by atoms with Crippen molar-refractivity contribution in [3.8, 4) is 0 Å². The van der Waals surface area contributed by atoms with Crippen molar-refractivity contribution >= 4 is 14.6 Å². The van der Waals surface area contributed by atoms with Gasteiger partial charge >= 0.3 is 0 Å². The van der Waals surface area contributed by atoms with E-state index in [4.69, 9.17) is 4.43 Å². The topological polar surface area (TPSA) is 38.3 Å². The predicted octanol–water partition coefficient (Wildman–Crippen LogP) is 6.52. The fourth-order valence-corrected chi connectivity index (χ4v) is 4.58. The van der Waals surface area contributed by atoms with E-state index in [2.05, 4.69) is 66.9 Å². The lowest BCUT2D eigenvalue weighted by Crippen LogP contribution is -2.55. The molecule has 0 spiro atoms. The second-order valence-electron chi connectivity index (χ2n) is 11.0. The summed E-state index contributed by atoms with van der Waals surface area (Å²) in [4.78, 5) is 10.7. The molecule has 1 heterocycles. The van der Waals surface area contributed by atoms with E-state index in [1.807, 2.05) is 0 Å². The Hall–Kier alpha value is -1.04. The van der Waals surface area contributed by atoms with Crippen molar-refractivity contribution in [1.29, 1.82) is 0 Å². The molecule has 0 saturated carbocycles. The Kier molecular flexibility index (Phi) is 8.82. The van der Waals surface area contributed by atoms with Gasteiger partial charge in [-0.25, -0.2) is 4.39 Å². The Morgan fingerprint density at radius 1 is 1.14 bits per heavy atom. The van der Waals surface area contributed by atoms with Crippen molar-refractivity contribution < 1.29 is 13.6 Å². The van der Waals surface area contributed by atoms with Gasteiger partial charge in [0.15, 0.2) is 14.6 Å². The number of halogens is 1. The molecule has 1 aromatic rings. The first-order valence-electron chi connectivity index (χ1n) is 10.8. The minimum absolute atomic E-state index is 0.116. The summed E-state index contributed by atoms with van der Waals surface area (Å²) in [5.41, 5.74) is 1.39. The van der Waals surface area contributed by atoms with E-state index < -0.39 is 14.1 Å². The molecule has 3 nitrogen and oxygen atoms in total. The summed E-state index contributed by atoms with van der Waals surface area (Å²) >= 11 is 0. The third-order valence-electron chi connectivity index (χ3n) is 6.16. The third-order valence-corrected chi connectivity index (χ3v) is 10.7. The molecule has 0 bridgehead atoms. The average molecular weight is 424 g/mol. The van der Waals surface area contributed by atoms with E-state index in [1.165, 1.54) is 25.3 Å². The Morgan fingerprint density at radius 2 is 1.69 bits per heavy atom. The highest BCUT2D eigenvalue weighted by Crippen LogP contribution is 2.36. The first-order chi connectivity index (χ1) is 13.1. The maximum atomic E-state index is 13.9. The van der Waals surface area contributed by atoms with Crippen LogP contribution in [0.2, 0.25) is 18.1 Å². The van der Waals surface area contributed by atoms with Gasteiger partial charge in [-0.15, -0.1) is 0 Å². The van der Waals surface area contributed by atoms with Gasteiger partial charge in [0.25, 0.3) is 0 Å². The highest BCUT2D eigenvalue weighted by Gasteiger charge is 2.37.